The number of carbonyl (C=O) groups is 1. The van der Waals surface area contributed by atoms with Crippen molar-refractivity contribution in [3.8, 4) is 0 Å². The van der Waals surface area contributed by atoms with E-state index < -0.39 is 0 Å². The Bertz CT molecular complexity index is 413. The van der Waals surface area contributed by atoms with Crippen LogP contribution in [-0.4, -0.2) is 30.9 Å². The minimum absolute atomic E-state index is 0.0864. The van der Waals surface area contributed by atoms with E-state index in [4.69, 9.17) is 0 Å². The van der Waals surface area contributed by atoms with Crippen LogP contribution in [0.5, 0.6) is 0 Å². The van der Waals surface area contributed by atoms with Crippen molar-refractivity contribution in [3.63, 3.8) is 0 Å². The van der Waals surface area contributed by atoms with Crippen LogP contribution in [0, 0.1) is 12.8 Å². The smallest absolute Gasteiger partial charge is 0.255 e. The molecule has 0 heterocycles. The highest BCUT2D eigenvalue weighted by Crippen LogP contribution is 2.19. The molecule has 0 saturated heterocycles. The summed E-state index contributed by atoms with van der Waals surface area (Å²) in [6.07, 6.45) is 0. The Kier molecular flexibility index (Phi) is 5.20. The van der Waals surface area contributed by atoms with E-state index in [1.807, 2.05) is 39.1 Å². The summed E-state index contributed by atoms with van der Waals surface area (Å²) in [4.78, 5) is 14.2. The minimum atomic E-state index is 0.0864. The summed E-state index contributed by atoms with van der Waals surface area (Å²) in [5.41, 5.74) is 2.79. The van der Waals surface area contributed by atoms with Crippen LogP contribution in [0.15, 0.2) is 18.2 Å². The average Bonchev–Trinajstić information content (AvgIpc) is 2.30. The Morgan fingerprint density at radius 2 is 2.06 bits per heavy atom. The fraction of sp³-hybridized carbons (Fsp3) is 0.533. The molecule has 1 amide bonds. The number of nitrogens with one attached hydrogen (secondary N) is 1. The second-order valence-electron chi connectivity index (χ2n) is 5.16. The maximum Gasteiger partial charge on any atom is 0.255 e. The number of benzene rings is 1. The molecular formula is C15H24N2O. The van der Waals surface area contributed by atoms with E-state index in [0.29, 0.717) is 5.92 Å². The number of amides is 1. The Labute approximate surface area is 110 Å². The van der Waals surface area contributed by atoms with E-state index in [1.54, 1.807) is 4.90 Å². The monoisotopic (exact) mass is 248 g/mol. The normalized spacial score (nSPS) is 10.6. The number of nitrogens with zero attached hydrogens (tertiary/aromatic N) is 1. The molecule has 0 fully saturated rings. The molecule has 0 aliphatic rings. The number of carbonyl (C=O) groups excluding carboxylic acids is 1. The lowest BCUT2D eigenvalue weighted by atomic mass is 10.1. The zero-order valence-electron chi connectivity index (χ0n) is 12.1. The van der Waals surface area contributed by atoms with Crippen molar-refractivity contribution in [2.45, 2.75) is 27.7 Å². The van der Waals surface area contributed by atoms with Gasteiger partial charge in [-0.2, -0.15) is 0 Å². The molecule has 3 nitrogen and oxygen atoms in total. The highest BCUT2D eigenvalue weighted by molar-refractivity contribution is 5.99. The zero-order chi connectivity index (χ0) is 13.7. The van der Waals surface area contributed by atoms with Gasteiger partial charge in [0.2, 0.25) is 0 Å². The predicted octanol–water partition coefficient (Wildman–Crippen LogP) is 3.15. The second kappa shape index (κ2) is 6.43. The molecule has 100 valence electrons. The Morgan fingerprint density at radius 1 is 1.39 bits per heavy atom. The van der Waals surface area contributed by atoms with Crippen LogP contribution in [0.2, 0.25) is 0 Å². The van der Waals surface area contributed by atoms with Crippen molar-refractivity contribution < 1.29 is 4.79 Å². The minimum Gasteiger partial charge on any atom is -0.385 e. The molecule has 1 N–H and O–H groups in total. The molecule has 18 heavy (non-hydrogen) atoms. The number of rotatable bonds is 5. The van der Waals surface area contributed by atoms with Crippen LogP contribution in [0.4, 0.5) is 5.69 Å². The number of aryl methyl sites for hydroxylation is 1. The molecule has 0 aliphatic heterocycles. The van der Waals surface area contributed by atoms with Crippen molar-refractivity contribution in [2.75, 3.05) is 25.5 Å². The van der Waals surface area contributed by atoms with E-state index in [2.05, 4.69) is 19.2 Å². The van der Waals surface area contributed by atoms with E-state index in [9.17, 15) is 4.79 Å². The largest absolute Gasteiger partial charge is 0.385 e. The van der Waals surface area contributed by atoms with Gasteiger partial charge in [0, 0.05) is 25.8 Å². The summed E-state index contributed by atoms with van der Waals surface area (Å²) in [5, 5.41) is 3.24. The van der Waals surface area contributed by atoms with Gasteiger partial charge < -0.3 is 10.2 Å². The van der Waals surface area contributed by atoms with Gasteiger partial charge in [-0.15, -0.1) is 0 Å². The Hall–Kier alpha value is -1.51. The maximum absolute atomic E-state index is 12.4. The second-order valence-corrected chi connectivity index (χ2v) is 5.16. The predicted molar refractivity (Wildman–Crippen MR) is 77.1 cm³/mol. The molecule has 0 saturated carbocycles. The average molecular weight is 248 g/mol. The first-order valence-corrected chi connectivity index (χ1v) is 6.55. The van der Waals surface area contributed by atoms with Crippen LogP contribution in [0.1, 0.15) is 36.7 Å². The van der Waals surface area contributed by atoms with Crippen molar-refractivity contribution in [2.24, 2.45) is 5.92 Å². The summed E-state index contributed by atoms with van der Waals surface area (Å²) in [6, 6.07) is 5.96. The molecule has 0 aliphatic carbocycles. The van der Waals surface area contributed by atoms with E-state index in [-0.39, 0.29) is 5.91 Å². The van der Waals surface area contributed by atoms with E-state index >= 15 is 0 Å². The molecule has 0 bridgehead atoms. The number of anilines is 1. The first kappa shape index (κ1) is 14.6. The van der Waals surface area contributed by atoms with Crippen molar-refractivity contribution >= 4 is 11.6 Å². The molecule has 0 unspecified atom stereocenters. The van der Waals surface area contributed by atoms with Gasteiger partial charge in [-0.3, -0.25) is 4.79 Å². The first-order valence-electron chi connectivity index (χ1n) is 6.55. The molecule has 0 atom stereocenters. The van der Waals surface area contributed by atoms with Crippen LogP contribution in [0.3, 0.4) is 0 Å². The summed E-state index contributed by atoms with van der Waals surface area (Å²) in [6.45, 7) is 9.87. The van der Waals surface area contributed by atoms with Crippen LogP contribution in [-0.2, 0) is 0 Å². The molecule has 1 aromatic carbocycles. The highest BCUT2D eigenvalue weighted by Gasteiger charge is 2.16. The van der Waals surface area contributed by atoms with Gasteiger partial charge in [-0.1, -0.05) is 25.5 Å². The zero-order valence-corrected chi connectivity index (χ0v) is 12.1. The van der Waals surface area contributed by atoms with E-state index in [0.717, 1.165) is 29.9 Å². The van der Waals surface area contributed by atoms with Crippen molar-refractivity contribution in [1.29, 1.82) is 0 Å². The molecule has 3 heteroatoms. The fourth-order valence-electron chi connectivity index (χ4n) is 2.02. The van der Waals surface area contributed by atoms with Crippen LogP contribution < -0.4 is 5.32 Å². The molecule has 1 rings (SSSR count). The SMILES string of the molecule is CCNc1ccc(C)cc1C(=O)N(C)CC(C)C. The first-order chi connectivity index (χ1) is 8.45. The third kappa shape index (κ3) is 3.76. The van der Waals surface area contributed by atoms with Gasteiger partial charge in [0.1, 0.15) is 0 Å². The van der Waals surface area contributed by atoms with Gasteiger partial charge in [0.25, 0.3) is 5.91 Å². The molecule has 0 spiro atoms. The standard InChI is InChI=1S/C15H24N2O/c1-6-16-14-8-7-12(4)9-13(14)15(18)17(5)10-11(2)3/h7-9,11,16H,6,10H2,1-5H3. The maximum atomic E-state index is 12.4. The Morgan fingerprint density at radius 3 is 2.61 bits per heavy atom. The van der Waals surface area contributed by atoms with Crippen LogP contribution >= 0.6 is 0 Å². The fourth-order valence-corrected chi connectivity index (χ4v) is 2.02. The number of hydrogen-bond acceptors (Lipinski definition) is 2. The van der Waals surface area contributed by atoms with Crippen molar-refractivity contribution in [3.05, 3.63) is 29.3 Å². The number of hydrogen-bond donors (Lipinski definition) is 1. The summed E-state index contributed by atoms with van der Waals surface area (Å²) >= 11 is 0. The lowest BCUT2D eigenvalue weighted by Gasteiger charge is -2.21. The van der Waals surface area contributed by atoms with Gasteiger partial charge in [-0.25, -0.2) is 0 Å². The molecule has 0 aromatic heterocycles. The van der Waals surface area contributed by atoms with Gasteiger partial charge in [0.05, 0.1) is 5.56 Å². The van der Waals surface area contributed by atoms with Crippen LogP contribution in [0.25, 0.3) is 0 Å². The summed E-state index contributed by atoms with van der Waals surface area (Å²) in [5.74, 6) is 0.565. The third-order valence-corrected chi connectivity index (χ3v) is 2.76. The molecule has 0 radical (unpaired) electrons. The molecule has 1 aromatic rings. The van der Waals surface area contributed by atoms with Gasteiger partial charge >= 0.3 is 0 Å². The van der Waals surface area contributed by atoms with Crippen molar-refractivity contribution in [1.82, 2.24) is 4.90 Å². The topological polar surface area (TPSA) is 32.3 Å². The summed E-state index contributed by atoms with van der Waals surface area (Å²) in [7, 11) is 1.86. The van der Waals surface area contributed by atoms with Gasteiger partial charge in [0.15, 0.2) is 0 Å². The third-order valence-electron chi connectivity index (χ3n) is 2.76. The lowest BCUT2D eigenvalue weighted by Crippen LogP contribution is -2.30. The lowest BCUT2D eigenvalue weighted by molar-refractivity contribution is 0.0780. The quantitative estimate of drug-likeness (QED) is 0.868. The highest BCUT2D eigenvalue weighted by atomic mass is 16.2. The molecular weight excluding hydrogens is 224 g/mol. The Balaban J connectivity index is 2.99. The van der Waals surface area contributed by atoms with Gasteiger partial charge in [-0.05, 0) is 31.9 Å². The summed E-state index contributed by atoms with van der Waals surface area (Å²) < 4.78 is 0. The van der Waals surface area contributed by atoms with E-state index in [1.165, 1.54) is 0 Å².